The highest BCUT2D eigenvalue weighted by Gasteiger charge is 2.35. The van der Waals surface area contributed by atoms with Crippen molar-refractivity contribution in [2.75, 3.05) is 11.4 Å². The third-order valence-corrected chi connectivity index (χ3v) is 5.36. The highest BCUT2D eigenvalue weighted by atomic mass is 79.9. The predicted molar refractivity (Wildman–Crippen MR) is 114 cm³/mol. The van der Waals surface area contributed by atoms with E-state index in [4.69, 9.17) is 0 Å². The minimum atomic E-state index is -0.416. The molecule has 2 amide bonds. The maximum atomic E-state index is 12.5. The molecule has 0 aliphatic carbocycles. The molecule has 1 atom stereocenters. The van der Waals surface area contributed by atoms with Gasteiger partial charge in [0.1, 0.15) is 0 Å². The molecule has 5 nitrogen and oxygen atoms in total. The molecular weight excluding hydrogens is 418 g/mol. The summed E-state index contributed by atoms with van der Waals surface area (Å²) < 4.78 is 0.944. The smallest absolute Gasteiger partial charge is 0.245 e. The molecule has 1 aliphatic heterocycles. The van der Waals surface area contributed by atoms with Crippen LogP contribution in [-0.4, -0.2) is 24.6 Å². The third-order valence-electron chi connectivity index (χ3n) is 4.84. The molecular formula is C22H18BrN3O2. The molecule has 1 heterocycles. The Hall–Kier alpha value is -2.99. The molecule has 0 saturated carbocycles. The maximum absolute atomic E-state index is 12.5. The maximum Gasteiger partial charge on any atom is 0.245 e. The average molecular weight is 436 g/mol. The van der Waals surface area contributed by atoms with E-state index in [1.54, 1.807) is 11.1 Å². The average Bonchev–Trinajstić information content (AvgIpc) is 3.10. The van der Waals surface area contributed by atoms with E-state index in [9.17, 15) is 9.59 Å². The summed E-state index contributed by atoms with van der Waals surface area (Å²) in [5.41, 5.74) is 4.31. The van der Waals surface area contributed by atoms with E-state index in [1.165, 1.54) is 0 Å². The lowest BCUT2D eigenvalue weighted by atomic mass is 10.1. The summed E-state index contributed by atoms with van der Waals surface area (Å²) in [6.45, 7) is 0.357. The highest BCUT2D eigenvalue weighted by Crippen LogP contribution is 2.26. The Balaban J connectivity index is 1.42. The van der Waals surface area contributed by atoms with Gasteiger partial charge in [0.05, 0.1) is 12.1 Å². The zero-order valence-electron chi connectivity index (χ0n) is 15.0. The van der Waals surface area contributed by atoms with Crippen LogP contribution in [0.4, 0.5) is 5.69 Å². The van der Waals surface area contributed by atoms with Gasteiger partial charge in [-0.25, -0.2) is 5.43 Å². The number of benzene rings is 3. The van der Waals surface area contributed by atoms with E-state index < -0.39 is 5.92 Å². The van der Waals surface area contributed by atoms with Gasteiger partial charge in [-0.05, 0) is 35.0 Å². The molecule has 3 aromatic carbocycles. The van der Waals surface area contributed by atoms with Gasteiger partial charge >= 0.3 is 0 Å². The van der Waals surface area contributed by atoms with E-state index >= 15 is 0 Å². The van der Waals surface area contributed by atoms with E-state index in [2.05, 4.69) is 26.5 Å². The summed E-state index contributed by atoms with van der Waals surface area (Å²) in [6, 6.07) is 21.4. The van der Waals surface area contributed by atoms with Crippen molar-refractivity contribution in [3.05, 3.63) is 76.8 Å². The van der Waals surface area contributed by atoms with Gasteiger partial charge in [0.25, 0.3) is 0 Å². The number of anilines is 1. The molecule has 1 saturated heterocycles. The molecule has 0 unspecified atom stereocenters. The zero-order chi connectivity index (χ0) is 19.5. The Morgan fingerprint density at radius 1 is 1.07 bits per heavy atom. The van der Waals surface area contributed by atoms with Gasteiger partial charge in [-0.2, -0.15) is 5.10 Å². The second-order valence-electron chi connectivity index (χ2n) is 6.68. The van der Waals surface area contributed by atoms with Crippen LogP contribution in [0.1, 0.15) is 12.0 Å². The monoisotopic (exact) mass is 435 g/mol. The number of carbonyl (C=O) groups is 2. The van der Waals surface area contributed by atoms with Crippen LogP contribution in [0, 0.1) is 5.92 Å². The van der Waals surface area contributed by atoms with Crippen molar-refractivity contribution < 1.29 is 9.59 Å². The Morgan fingerprint density at radius 3 is 2.64 bits per heavy atom. The molecule has 0 spiro atoms. The van der Waals surface area contributed by atoms with Gasteiger partial charge in [0.15, 0.2) is 0 Å². The van der Waals surface area contributed by atoms with Crippen LogP contribution in [-0.2, 0) is 9.59 Å². The molecule has 0 radical (unpaired) electrons. The van der Waals surface area contributed by atoms with Crippen LogP contribution >= 0.6 is 15.9 Å². The van der Waals surface area contributed by atoms with Gasteiger partial charge in [-0.1, -0.05) is 58.4 Å². The minimum Gasteiger partial charge on any atom is -0.312 e. The van der Waals surface area contributed by atoms with Crippen LogP contribution in [0.3, 0.4) is 0 Å². The first-order valence-electron chi connectivity index (χ1n) is 8.98. The topological polar surface area (TPSA) is 61.8 Å². The number of hydrogen-bond acceptors (Lipinski definition) is 3. The molecule has 3 aromatic rings. The number of fused-ring (bicyclic) bond motifs is 1. The molecule has 1 fully saturated rings. The Morgan fingerprint density at radius 2 is 1.82 bits per heavy atom. The first-order chi connectivity index (χ1) is 13.6. The standard InChI is InChI=1S/C22H18BrN3O2/c23-18-8-10-19(11-9-18)26-14-17(12-21(26)27)22(28)25-24-13-16-6-3-5-15-4-1-2-7-20(15)16/h1-11,13,17H,12,14H2,(H,25,28)/b24-13-/t17-/m1/s1. The SMILES string of the molecule is O=C(N/N=C\c1cccc2ccccc12)[C@@H]1CC(=O)N(c2ccc(Br)cc2)C1. The van der Waals surface area contributed by atoms with Crippen LogP contribution < -0.4 is 10.3 Å². The van der Waals surface area contributed by atoms with E-state index in [-0.39, 0.29) is 18.2 Å². The zero-order valence-corrected chi connectivity index (χ0v) is 16.6. The van der Waals surface area contributed by atoms with Crippen LogP contribution in [0.25, 0.3) is 10.8 Å². The number of hydrogen-bond donors (Lipinski definition) is 1. The third kappa shape index (κ3) is 3.82. The van der Waals surface area contributed by atoms with Crippen molar-refractivity contribution in [3.63, 3.8) is 0 Å². The summed E-state index contributed by atoms with van der Waals surface area (Å²) in [4.78, 5) is 26.4. The Kier molecular flexibility index (Phi) is 5.21. The number of halogens is 1. The van der Waals surface area contributed by atoms with Gasteiger partial charge in [-0.3, -0.25) is 9.59 Å². The Labute approximate surface area is 171 Å². The van der Waals surface area contributed by atoms with Crippen LogP contribution in [0.2, 0.25) is 0 Å². The second kappa shape index (κ2) is 7.94. The summed E-state index contributed by atoms with van der Waals surface area (Å²) in [7, 11) is 0. The van der Waals surface area contributed by atoms with Crippen molar-refractivity contribution in [1.29, 1.82) is 0 Å². The molecule has 0 bridgehead atoms. The summed E-state index contributed by atoms with van der Waals surface area (Å²) in [6.07, 6.45) is 1.83. The molecule has 140 valence electrons. The molecule has 28 heavy (non-hydrogen) atoms. The molecule has 1 N–H and O–H groups in total. The van der Waals surface area contributed by atoms with Crippen LogP contribution in [0.15, 0.2) is 76.3 Å². The fraction of sp³-hybridized carbons (Fsp3) is 0.136. The molecule has 6 heteroatoms. The minimum absolute atomic E-state index is 0.0551. The summed E-state index contributed by atoms with van der Waals surface area (Å²) in [5.74, 6) is -0.717. The van der Waals surface area contributed by atoms with E-state index in [1.807, 2.05) is 66.7 Å². The highest BCUT2D eigenvalue weighted by molar-refractivity contribution is 9.10. The van der Waals surface area contributed by atoms with Crippen molar-refractivity contribution in [1.82, 2.24) is 5.43 Å². The number of nitrogens with zero attached hydrogens (tertiary/aromatic N) is 2. The van der Waals surface area contributed by atoms with Gasteiger partial charge in [0, 0.05) is 28.7 Å². The van der Waals surface area contributed by atoms with Crippen LogP contribution in [0.5, 0.6) is 0 Å². The van der Waals surface area contributed by atoms with Gasteiger partial charge in [0.2, 0.25) is 11.8 Å². The fourth-order valence-electron chi connectivity index (χ4n) is 3.37. The Bertz CT molecular complexity index is 1060. The van der Waals surface area contributed by atoms with Crippen molar-refractivity contribution in [2.45, 2.75) is 6.42 Å². The number of rotatable bonds is 4. The summed E-state index contributed by atoms with van der Waals surface area (Å²) >= 11 is 3.38. The lowest BCUT2D eigenvalue weighted by Crippen LogP contribution is -2.30. The normalized spacial score (nSPS) is 16.8. The first-order valence-corrected chi connectivity index (χ1v) is 9.78. The molecule has 0 aromatic heterocycles. The van der Waals surface area contributed by atoms with E-state index in [0.717, 1.165) is 26.5 Å². The number of nitrogens with one attached hydrogen (secondary N) is 1. The molecule has 4 rings (SSSR count). The first kappa shape index (κ1) is 18.4. The quantitative estimate of drug-likeness (QED) is 0.495. The van der Waals surface area contributed by atoms with Crippen molar-refractivity contribution in [2.24, 2.45) is 11.0 Å². The van der Waals surface area contributed by atoms with E-state index in [0.29, 0.717) is 6.54 Å². The lowest BCUT2D eigenvalue weighted by Gasteiger charge is -2.16. The lowest BCUT2D eigenvalue weighted by molar-refractivity contribution is -0.126. The largest absolute Gasteiger partial charge is 0.312 e. The number of amides is 2. The number of hydrazone groups is 1. The number of carbonyl (C=O) groups excluding carboxylic acids is 2. The summed E-state index contributed by atoms with van der Waals surface area (Å²) in [5, 5.41) is 6.30. The van der Waals surface area contributed by atoms with Crippen molar-refractivity contribution >= 4 is 50.4 Å². The van der Waals surface area contributed by atoms with Crippen molar-refractivity contribution in [3.8, 4) is 0 Å². The predicted octanol–water partition coefficient (Wildman–Crippen LogP) is 4.11. The van der Waals surface area contributed by atoms with Gasteiger partial charge in [-0.15, -0.1) is 0 Å². The molecule has 1 aliphatic rings. The van der Waals surface area contributed by atoms with Gasteiger partial charge < -0.3 is 4.90 Å². The second-order valence-corrected chi connectivity index (χ2v) is 7.60. The fourth-order valence-corrected chi connectivity index (χ4v) is 3.64.